The third-order valence-corrected chi connectivity index (χ3v) is 9.82. The van der Waals surface area contributed by atoms with Crippen LogP contribution < -0.4 is 45.9 Å². The second kappa shape index (κ2) is 90.7. The van der Waals surface area contributed by atoms with E-state index in [1.807, 2.05) is 36.4 Å². The van der Waals surface area contributed by atoms with Crippen LogP contribution in [0.25, 0.3) is 53.9 Å². The minimum Gasteiger partial charge on any atom is -0.333 e. The predicted molar refractivity (Wildman–Crippen MR) is 410 cm³/mol. The van der Waals surface area contributed by atoms with E-state index in [0.717, 1.165) is 26.2 Å². The van der Waals surface area contributed by atoms with E-state index in [9.17, 15) is 0 Å². The third-order valence-electron chi connectivity index (χ3n) is 9.82. The lowest BCUT2D eigenvalue weighted by Gasteiger charge is -2.02. The molecule has 0 unspecified atom stereocenters. The van der Waals surface area contributed by atoms with Crippen molar-refractivity contribution in [2.24, 2.45) is 45.9 Å². The van der Waals surface area contributed by atoms with E-state index in [-0.39, 0.29) is 89.1 Å². The second-order valence-corrected chi connectivity index (χ2v) is 15.1. The van der Waals surface area contributed by atoms with E-state index in [2.05, 4.69) is 220 Å². The third kappa shape index (κ3) is 56.4. The molecule has 0 aliphatic carbocycles. The Balaban J connectivity index is -0.0000000496. The van der Waals surface area contributed by atoms with E-state index in [4.69, 9.17) is 22.9 Å². The number of benzene rings is 9. The van der Waals surface area contributed by atoms with Crippen LogP contribution in [0, 0.1) is 0 Å². The highest BCUT2D eigenvalue weighted by atomic mass is 14.5. The van der Waals surface area contributed by atoms with Gasteiger partial charge in [-0.15, -0.1) is 0 Å². The summed E-state index contributed by atoms with van der Waals surface area (Å²) in [4.78, 5) is 0. The van der Waals surface area contributed by atoms with Crippen molar-refractivity contribution in [3.8, 4) is 0 Å². The normalized spacial score (nSPS) is 7.67. The summed E-state index contributed by atoms with van der Waals surface area (Å²) < 4.78 is 0. The van der Waals surface area contributed by atoms with Gasteiger partial charge in [0.15, 0.2) is 0 Å². The molecule has 0 saturated heterocycles. The van der Waals surface area contributed by atoms with Gasteiger partial charge in [0.2, 0.25) is 0 Å². The molecule has 0 bridgehead atoms. The van der Waals surface area contributed by atoms with Crippen LogP contribution in [-0.2, 0) is 0 Å². The van der Waals surface area contributed by atoms with Gasteiger partial charge in [-0.3, -0.25) is 0 Å². The maximum absolute atomic E-state index is 5.14. The Morgan fingerprint density at radius 2 is 0.357 bits per heavy atom. The SMILES string of the molecule is C.C.C.C.C.C.C.C.C.C.C.C.CCCCN.CCCCN.CCCCN.CCCCN.CN.CN.CN.CN.c1ccc2c(c1)ccc1ccccc12.c1ccc2cc3ccccc3cc2c1.c1ccc2ccccc2c1.c1ccccc1. The first kappa shape index (κ1) is 116. The number of unbranched alkanes of at least 4 members (excludes halogenated alkanes) is 4. The highest BCUT2D eigenvalue weighted by Gasteiger charge is 1.98. The van der Waals surface area contributed by atoms with Gasteiger partial charge in [0, 0.05) is 0 Å². The quantitative estimate of drug-likeness (QED) is 0.0541. The fraction of sp³-hybridized carbons (Fsp3) is 0.421. The zero-order valence-corrected chi connectivity index (χ0v) is 45.7. The van der Waals surface area contributed by atoms with Gasteiger partial charge >= 0.3 is 0 Å². The van der Waals surface area contributed by atoms with Crippen LogP contribution in [0.2, 0.25) is 0 Å². The van der Waals surface area contributed by atoms with Gasteiger partial charge in [-0.25, -0.2) is 0 Å². The topological polar surface area (TPSA) is 208 Å². The van der Waals surface area contributed by atoms with Crippen molar-refractivity contribution in [2.75, 3.05) is 54.4 Å². The smallest absolute Gasteiger partial charge is 0.00774 e. The highest BCUT2D eigenvalue weighted by molar-refractivity contribution is 6.07. The van der Waals surface area contributed by atoms with E-state index in [1.54, 1.807) is 0 Å². The fourth-order valence-corrected chi connectivity index (χ4v) is 6.17. The zero-order chi connectivity index (χ0) is 54.3. The molecule has 0 aliphatic heterocycles. The first-order valence-corrected chi connectivity index (χ1v) is 25.8. The average molecular weight is 1170 g/mol. The van der Waals surface area contributed by atoms with Gasteiger partial charge in [-0.2, -0.15) is 0 Å². The Labute approximate surface area is 526 Å². The molecule has 490 valence electrons. The standard InChI is InChI=1S/2C14H10.C10H8.C6H6.4C4H11N.4CH5N.12CH4/c1-3-7-13-11(5-1)9-10-12-6-2-4-8-14(12)13;1-2-6-12-10-14-8-4-3-7-13(14)9-11(12)5-1;1-2-6-10-8-4-3-7-9(10)5-1;1-2-4-6-5-3-1;4*1-2-3-4-5;4*1-2;;;;;;;;;;;;/h2*1-10H;1-8H;1-6H;4*2-5H2,1H3;4*2H2,1H3;12*1H4. The molecule has 0 spiro atoms. The Hall–Kier alpha value is -6.04. The summed E-state index contributed by atoms with van der Waals surface area (Å²) in [5.41, 5.74) is 38.6. The molecule has 0 radical (unpaired) electrons. The number of nitrogens with two attached hydrogens (primary N) is 8. The van der Waals surface area contributed by atoms with Crippen molar-refractivity contribution in [2.45, 2.75) is 168 Å². The average Bonchev–Trinajstić information content (AvgIpc) is 3.47. The number of fused-ring (bicyclic) bond motifs is 6. The van der Waals surface area contributed by atoms with Crippen molar-refractivity contribution in [1.29, 1.82) is 0 Å². The largest absolute Gasteiger partial charge is 0.333 e. The second-order valence-electron chi connectivity index (χ2n) is 15.1. The molecule has 0 heterocycles. The fourth-order valence-electron chi connectivity index (χ4n) is 6.17. The molecular formula is C76H146N8. The minimum absolute atomic E-state index is 0. The Morgan fingerprint density at radius 3 is 0.512 bits per heavy atom. The van der Waals surface area contributed by atoms with E-state index < -0.39 is 0 Å². The van der Waals surface area contributed by atoms with Crippen LogP contribution in [0.4, 0.5) is 0 Å². The van der Waals surface area contributed by atoms with Crippen molar-refractivity contribution in [1.82, 2.24) is 0 Å². The number of rotatable bonds is 8. The van der Waals surface area contributed by atoms with Crippen LogP contribution >= 0.6 is 0 Å². The summed E-state index contributed by atoms with van der Waals surface area (Å²) in [5, 5.41) is 13.2. The summed E-state index contributed by atoms with van der Waals surface area (Å²) in [7, 11) is 6.00. The van der Waals surface area contributed by atoms with Crippen LogP contribution in [0.1, 0.15) is 168 Å². The monoisotopic (exact) mass is 1170 g/mol. The van der Waals surface area contributed by atoms with Crippen molar-refractivity contribution >= 4 is 53.9 Å². The molecule has 0 fully saturated rings. The molecule has 0 amide bonds. The summed E-state index contributed by atoms with van der Waals surface area (Å²) in [5.74, 6) is 0. The maximum Gasteiger partial charge on any atom is -0.00774 e. The molecule has 84 heavy (non-hydrogen) atoms. The van der Waals surface area contributed by atoms with Crippen molar-refractivity contribution in [3.05, 3.63) is 206 Å². The molecule has 16 N–H and O–H groups in total. The van der Waals surface area contributed by atoms with E-state index >= 15 is 0 Å². The lowest BCUT2D eigenvalue weighted by atomic mass is 10.0. The predicted octanol–water partition coefficient (Wildman–Crippen LogP) is 21.4. The van der Waals surface area contributed by atoms with E-state index in [1.165, 1.54) is 133 Å². The lowest BCUT2D eigenvalue weighted by Crippen LogP contribution is -1.95. The molecule has 9 aromatic carbocycles. The lowest BCUT2D eigenvalue weighted by molar-refractivity contribution is 0.807. The van der Waals surface area contributed by atoms with Gasteiger partial charge in [0.25, 0.3) is 0 Å². The van der Waals surface area contributed by atoms with Gasteiger partial charge in [0.1, 0.15) is 0 Å². The summed E-state index contributed by atoms with van der Waals surface area (Å²) in [6, 6.07) is 71.5. The summed E-state index contributed by atoms with van der Waals surface area (Å²) in [6.45, 7) is 11.9. The molecule has 9 rings (SSSR count). The zero-order valence-electron chi connectivity index (χ0n) is 45.7. The van der Waals surface area contributed by atoms with Crippen LogP contribution in [0.3, 0.4) is 0 Å². The maximum atomic E-state index is 5.14. The van der Waals surface area contributed by atoms with Crippen LogP contribution in [0.15, 0.2) is 206 Å². The molecule has 0 saturated carbocycles. The molecule has 0 aromatic heterocycles. The van der Waals surface area contributed by atoms with Gasteiger partial charge < -0.3 is 45.9 Å². The number of hydrogen-bond acceptors (Lipinski definition) is 8. The Kier molecular flexibility index (Phi) is 126. The first-order chi connectivity index (χ1) is 35.5. The van der Waals surface area contributed by atoms with Gasteiger partial charge in [-0.1, -0.05) is 337 Å². The van der Waals surface area contributed by atoms with Crippen molar-refractivity contribution < 1.29 is 0 Å². The Bertz CT molecular complexity index is 2180. The Morgan fingerprint density at radius 1 is 0.202 bits per heavy atom. The van der Waals surface area contributed by atoms with Gasteiger partial charge in [-0.05, 0) is 146 Å². The molecule has 9 aromatic rings. The molecule has 8 nitrogen and oxygen atoms in total. The van der Waals surface area contributed by atoms with Crippen LogP contribution in [-0.4, -0.2) is 54.4 Å². The van der Waals surface area contributed by atoms with Crippen LogP contribution in [0.5, 0.6) is 0 Å². The molecule has 0 atom stereocenters. The van der Waals surface area contributed by atoms with Gasteiger partial charge in [0.05, 0.1) is 0 Å². The number of hydrogen-bond donors (Lipinski definition) is 8. The molecule has 0 aliphatic rings. The van der Waals surface area contributed by atoms with Crippen molar-refractivity contribution in [3.63, 3.8) is 0 Å². The first-order valence-electron chi connectivity index (χ1n) is 25.8. The minimum atomic E-state index is 0. The summed E-state index contributed by atoms with van der Waals surface area (Å²) in [6.07, 6.45) is 9.54. The highest BCUT2D eigenvalue weighted by Crippen LogP contribution is 2.25. The summed E-state index contributed by atoms with van der Waals surface area (Å²) >= 11 is 0. The molecule has 8 heteroatoms. The van der Waals surface area contributed by atoms with E-state index in [0.29, 0.717) is 0 Å². The molecular weight excluding hydrogens is 1020 g/mol.